The van der Waals surface area contributed by atoms with E-state index >= 15 is 0 Å². The number of nitrogens with two attached hydrogens (primary N) is 1. The van der Waals surface area contributed by atoms with E-state index in [1.165, 1.54) is 11.3 Å². The van der Waals surface area contributed by atoms with Gasteiger partial charge in [0.1, 0.15) is 5.01 Å². The van der Waals surface area contributed by atoms with Crippen molar-refractivity contribution in [3.8, 4) is 0 Å². The van der Waals surface area contributed by atoms with Gasteiger partial charge < -0.3 is 10.5 Å². The molecule has 1 aromatic rings. The highest BCUT2D eigenvalue weighted by atomic mass is 32.1. The summed E-state index contributed by atoms with van der Waals surface area (Å²) in [5.41, 5.74) is 5.26. The number of ether oxygens (including phenoxy) is 1. The Hall–Kier alpha value is -1.05. The summed E-state index contributed by atoms with van der Waals surface area (Å²) in [6, 6.07) is 0. The van der Waals surface area contributed by atoms with E-state index in [1.54, 1.807) is 0 Å². The van der Waals surface area contributed by atoms with Gasteiger partial charge in [-0.15, -0.1) is 10.2 Å². The normalized spacial score (nSPS) is 18.6. The van der Waals surface area contributed by atoms with Gasteiger partial charge in [0.05, 0.1) is 5.41 Å². The lowest BCUT2D eigenvalue weighted by Gasteiger charge is -2.34. The maximum atomic E-state index is 12.3. The van der Waals surface area contributed by atoms with Gasteiger partial charge in [-0.25, -0.2) is 0 Å². The molecular weight excluding hydrogens is 252 g/mol. The SMILES string of the molecule is CCc1nnc(NC(=O)C2(CN)CCOCC2)s1. The first-order valence-electron chi connectivity index (χ1n) is 6.12. The molecule has 0 spiro atoms. The smallest absolute Gasteiger partial charge is 0.233 e. The summed E-state index contributed by atoms with van der Waals surface area (Å²) >= 11 is 1.41. The molecule has 0 atom stereocenters. The lowest BCUT2D eigenvalue weighted by Crippen LogP contribution is -2.46. The Morgan fingerprint density at radius 1 is 1.50 bits per heavy atom. The van der Waals surface area contributed by atoms with Crippen LogP contribution in [0, 0.1) is 5.41 Å². The molecule has 0 unspecified atom stereocenters. The molecule has 0 bridgehead atoms. The third kappa shape index (κ3) is 2.68. The van der Waals surface area contributed by atoms with Crippen molar-refractivity contribution in [1.29, 1.82) is 0 Å². The van der Waals surface area contributed by atoms with Crippen molar-refractivity contribution < 1.29 is 9.53 Å². The monoisotopic (exact) mass is 270 g/mol. The molecule has 6 nitrogen and oxygen atoms in total. The Labute approximate surface area is 110 Å². The minimum absolute atomic E-state index is 0.0629. The molecule has 2 rings (SSSR count). The molecule has 0 radical (unpaired) electrons. The van der Waals surface area contributed by atoms with Gasteiger partial charge in [0.15, 0.2) is 0 Å². The fourth-order valence-electron chi connectivity index (χ4n) is 1.96. The largest absolute Gasteiger partial charge is 0.381 e. The van der Waals surface area contributed by atoms with Crippen LogP contribution in [0.5, 0.6) is 0 Å². The standard InChI is InChI=1S/C11H18N4O2S/c1-2-8-14-15-10(18-8)13-9(16)11(7-12)3-5-17-6-4-11/h2-7,12H2,1H3,(H,13,15,16). The highest BCUT2D eigenvalue weighted by molar-refractivity contribution is 7.15. The Morgan fingerprint density at radius 2 is 2.22 bits per heavy atom. The summed E-state index contributed by atoms with van der Waals surface area (Å²) in [4.78, 5) is 12.3. The first-order chi connectivity index (χ1) is 8.70. The molecule has 18 heavy (non-hydrogen) atoms. The first-order valence-corrected chi connectivity index (χ1v) is 6.93. The van der Waals surface area contributed by atoms with Gasteiger partial charge in [0.25, 0.3) is 0 Å². The number of nitrogens with zero attached hydrogens (tertiary/aromatic N) is 2. The Bertz CT molecular complexity index is 415. The van der Waals surface area contributed by atoms with E-state index in [1.807, 2.05) is 6.92 Å². The second-order valence-electron chi connectivity index (χ2n) is 4.41. The molecule has 0 aliphatic carbocycles. The number of rotatable bonds is 4. The van der Waals surface area contributed by atoms with Crippen LogP contribution in [0.25, 0.3) is 0 Å². The highest BCUT2D eigenvalue weighted by Crippen LogP contribution is 2.31. The number of nitrogens with one attached hydrogen (secondary N) is 1. The molecule has 7 heteroatoms. The van der Waals surface area contributed by atoms with Crippen molar-refractivity contribution in [1.82, 2.24) is 10.2 Å². The molecule has 1 saturated heterocycles. The van der Waals surface area contributed by atoms with Crippen LogP contribution in [0.15, 0.2) is 0 Å². The van der Waals surface area contributed by atoms with Gasteiger partial charge in [-0.3, -0.25) is 10.1 Å². The van der Waals surface area contributed by atoms with E-state index in [0.29, 0.717) is 37.7 Å². The summed E-state index contributed by atoms with van der Waals surface area (Å²) < 4.78 is 5.29. The van der Waals surface area contributed by atoms with Crippen molar-refractivity contribution in [3.05, 3.63) is 5.01 Å². The number of hydrogen-bond donors (Lipinski definition) is 2. The maximum Gasteiger partial charge on any atom is 0.233 e. The predicted molar refractivity (Wildman–Crippen MR) is 69.5 cm³/mol. The molecule has 1 aromatic heterocycles. The van der Waals surface area contributed by atoms with Gasteiger partial charge in [0, 0.05) is 19.8 Å². The summed E-state index contributed by atoms with van der Waals surface area (Å²) in [5.74, 6) is -0.0629. The van der Waals surface area contributed by atoms with Crippen LogP contribution in [-0.2, 0) is 16.0 Å². The van der Waals surface area contributed by atoms with Gasteiger partial charge in [-0.1, -0.05) is 18.3 Å². The van der Waals surface area contributed by atoms with E-state index in [4.69, 9.17) is 10.5 Å². The molecule has 0 saturated carbocycles. The summed E-state index contributed by atoms with van der Waals surface area (Å²) in [5, 5.41) is 12.2. The number of carbonyl (C=O) groups excluding carboxylic acids is 1. The molecule has 1 aliphatic rings. The highest BCUT2D eigenvalue weighted by Gasteiger charge is 2.39. The Kier molecular flexibility index (Phi) is 4.26. The van der Waals surface area contributed by atoms with Gasteiger partial charge >= 0.3 is 0 Å². The number of hydrogen-bond acceptors (Lipinski definition) is 6. The number of anilines is 1. The van der Waals surface area contributed by atoms with E-state index < -0.39 is 5.41 Å². The molecule has 2 heterocycles. The minimum atomic E-state index is -0.518. The van der Waals surface area contributed by atoms with Crippen LogP contribution in [0.2, 0.25) is 0 Å². The van der Waals surface area contributed by atoms with Crippen LogP contribution < -0.4 is 11.1 Å². The quantitative estimate of drug-likeness (QED) is 0.844. The fourth-order valence-corrected chi connectivity index (χ4v) is 2.64. The molecule has 3 N–H and O–H groups in total. The number of aromatic nitrogens is 2. The molecule has 0 aromatic carbocycles. The van der Waals surface area contributed by atoms with Gasteiger partial charge in [-0.05, 0) is 19.3 Å². The van der Waals surface area contributed by atoms with E-state index in [2.05, 4.69) is 15.5 Å². The lowest BCUT2D eigenvalue weighted by molar-refractivity contribution is -0.130. The zero-order chi connectivity index (χ0) is 13.0. The third-order valence-electron chi connectivity index (χ3n) is 3.31. The van der Waals surface area contributed by atoms with Crippen LogP contribution in [0.3, 0.4) is 0 Å². The lowest BCUT2D eigenvalue weighted by atomic mass is 9.79. The molecule has 1 aliphatic heterocycles. The van der Waals surface area contributed by atoms with Gasteiger partial charge in [0.2, 0.25) is 11.0 Å². The second-order valence-corrected chi connectivity index (χ2v) is 5.47. The van der Waals surface area contributed by atoms with Crippen LogP contribution in [0.1, 0.15) is 24.8 Å². The average Bonchev–Trinajstić information content (AvgIpc) is 2.87. The Balaban J connectivity index is 2.05. The molecule has 1 fully saturated rings. The van der Waals surface area contributed by atoms with Crippen LogP contribution >= 0.6 is 11.3 Å². The second kappa shape index (κ2) is 5.73. The van der Waals surface area contributed by atoms with Gasteiger partial charge in [-0.2, -0.15) is 0 Å². The van der Waals surface area contributed by atoms with Crippen molar-refractivity contribution in [2.75, 3.05) is 25.1 Å². The number of carbonyl (C=O) groups is 1. The van der Waals surface area contributed by atoms with Crippen LogP contribution in [0.4, 0.5) is 5.13 Å². The summed E-state index contributed by atoms with van der Waals surface area (Å²) in [7, 11) is 0. The predicted octanol–water partition coefficient (Wildman–Crippen LogP) is 0.794. The molecule has 100 valence electrons. The first kappa shape index (κ1) is 13.4. The minimum Gasteiger partial charge on any atom is -0.381 e. The molecular formula is C11H18N4O2S. The van der Waals surface area contributed by atoms with Crippen molar-refractivity contribution in [2.45, 2.75) is 26.2 Å². The average molecular weight is 270 g/mol. The summed E-state index contributed by atoms with van der Waals surface area (Å²) in [6.07, 6.45) is 2.15. The van der Waals surface area contributed by atoms with E-state index in [9.17, 15) is 4.79 Å². The van der Waals surface area contributed by atoms with Crippen molar-refractivity contribution in [3.63, 3.8) is 0 Å². The topological polar surface area (TPSA) is 90.1 Å². The zero-order valence-electron chi connectivity index (χ0n) is 10.4. The third-order valence-corrected chi connectivity index (χ3v) is 4.30. The number of amides is 1. The number of aryl methyl sites for hydroxylation is 1. The van der Waals surface area contributed by atoms with E-state index in [0.717, 1.165) is 11.4 Å². The molecule has 1 amide bonds. The summed E-state index contributed by atoms with van der Waals surface area (Å²) in [6.45, 7) is 3.51. The fraction of sp³-hybridized carbons (Fsp3) is 0.727. The maximum absolute atomic E-state index is 12.3. The Morgan fingerprint density at radius 3 is 2.78 bits per heavy atom. The van der Waals surface area contributed by atoms with Crippen molar-refractivity contribution in [2.24, 2.45) is 11.1 Å². The van der Waals surface area contributed by atoms with Crippen molar-refractivity contribution >= 4 is 22.4 Å². The van der Waals surface area contributed by atoms with Crippen LogP contribution in [-0.4, -0.2) is 35.9 Å². The van der Waals surface area contributed by atoms with E-state index in [-0.39, 0.29) is 5.91 Å². The zero-order valence-corrected chi connectivity index (χ0v) is 11.3.